The Morgan fingerprint density at radius 3 is 2.63 bits per heavy atom. The summed E-state index contributed by atoms with van der Waals surface area (Å²) in [5, 5.41) is 7.99. The van der Waals surface area contributed by atoms with Gasteiger partial charge in [0.1, 0.15) is 11.5 Å². The number of nitrogens with one attached hydrogen (secondary N) is 2. The number of carbonyl (C=O) groups excluding carboxylic acids is 2. The van der Waals surface area contributed by atoms with Gasteiger partial charge in [-0.2, -0.15) is 5.10 Å². The number of piperidine rings is 1. The number of nitrogens with zero attached hydrogens (tertiary/aromatic N) is 4. The minimum Gasteiger partial charge on any atom is -0.348 e. The summed E-state index contributed by atoms with van der Waals surface area (Å²) < 4.78 is 33.6. The maximum absolute atomic E-state index is 16.3. The number of hydrogen-bond donors (Lipinski definition) is 2. The van der Waals surface area contributed by atoms with Crippen molar-refractivity contribution in [2.45, 2.75) is 38.1 Å². The van der Waals surface area contributed by atoms with E-state index in [1.54, 1.807) is 42.0 Å². The molecule has 2 amide bonds. The fraction of sp³-hybridized carbons (Fsp3) is 0.364. The fourth-order valence-electron chi connectivity index (χ4n) is 6.20. The van der Waals surface area contributed by atoms with Crippen LogP contribution in [-0.4, -0.2) is 76.7 Å². The Morgan fingerprint density at radius 2 is 1.91 bits per heavy atom. The molecule has 1 saturated heterocycles. The summed E-state index contributed by atoms with van der Waals surface area (Å²) in [4.78, 5) is 32.1. The zero-order chi connectivity index (χ0) is 30.1. The van der Waals surface area contributed by atoms with Gasteiger partial charge in [-0.25, -0.2) is 8.78 Å². The van der Waals surface area contributed by atoms with Crippen LogP contribution in [0.2, 0.25) is 0 Å². The molecular formula is C33H36F2N6O2. The molecule has 0 bridgehead atoms. The summed E-state index contributed by atoms with van der Waals surface area (Å²) >= 11 is 0. The summed E-state index contributed by atoms with van der Waals surface area (Å²) in [6.07, 6.45) is 8.07. The monoisotopic (exact) mass is 586 g/mol. The van der Waals surface area contributed by atoms with Crippen molar-refractivity contribution in [2.75, 3.05) is 40.3 Å². The van der Waals surface area contributed by atoms with Gasteiger partial charge in [-0.15, -0.1) is 0 Å². The van der Waals surface area contributed by atoms with Crippen molar-refractivity contribution in [1.29, 1.82) is 0 Å². The molecular weight excluding hydrogens is 550 g/mol. The van der Waals surface area contributed by atoms with E-state index in [-0.39, 0.29) is 47.7 Å². The van der Waals surface area contributed by atoms with Crippen LogP contribution in [0.25, 0.3) is 27.6 Å². The first-order chi connectivity index (χ1) is 20.8. The third-order valence-electron chi connectivity index (χ3n) is 8.54. The van der Waals surface area contributed by atoms with E-state index in [1.165, 1.54) is 11.0 Å². The number of carbonyl (C=O) groups is 2. The molecule has 0 saturated carbocycles. The predicted molar refractivity (Wildman–Crippen MR) is 163 cm³/mol. The molecule has 2 aliphatic heterocycles. The highest BCUT2D eigenvalue weighted by molar-refractivity contribution is 6.04. The molecule has 2 aromatic heterocycles. The molecule has 10 heteroatoms. The minimum absolute atomic E-state index is 0.0304. The summed E-state index contributed by atoms with van der Waals surface area (Å²) in [5.41, 5.74) is 3.37. The van der Waals surface area contributed by atoms with Gasteiger partial charge in [-0.05, 0) is 84.8 Å². The second-order valence-electron chi connectivity index (χ2n) is 11.6. The molecule has 8 nitrogen and oxygen atoms in total. The van der Waals surface area contributed by atoms with Crippen molar-refractivity contribution in [3.05, 3.63) is 83.3 Å². The van der Waals surface area contributed by atoms with Gasteiger partial charge in [0, 0.05) is 63.5 Å². The molecule has 1 fully saturated rings. The molecule has 0 aliphatic carbocycles. The number of fused-ring (bicyclic) bond motifs is 1. The highest BCUT2D eigenvalue weighted by Crippen LogP contribution is 2.38. The van der Waals surface area contributed by atoms with Crippen LogP contribution in [-0.2, 0) is 11.3 Å². The zero-order valence-electron chi connectivity index (χ0n) is 24.5. The van der Waals surface area contributed by atoms with E-state index < -0.39 is 5.82 Å². The van der Waals surface area contributed by atoms with Crippen LogP contribution in [0.1, 0.15) is 53.2 Å². The molecule has 2 aliphatic rings. The first-order valence-corrected chi connectivity index (χ1v) is 14.8. The number of hydrogen-bond acceptors (Lipinski definition) is 4. The lowest BCUT2D eigenvalue weighted by molar-refractivity contribution is -0.131. The first kappa shape index (κ1) is 28.8. The van der Waals surface area contributed by atoms with Crippen molar-refractivity contribution in [1.82, 2.24) is 29.9 Å². The molecule has 0 radical (unpaired) electrons. The number of rotatable bonds is 7. The summed E-state index contributed by atoms with van der Waals surface area (Å²) in [5.74, 6) is -0.951. The SMILES string of the molecule is CN(C)C(=O)c1cc2c(-c3ccc(C4CCNCC4)c(F)c3)cc(C3=CCCN(C(=O)CCn4cccn4)C3)c(F)c2[nH]1. The highest BCUT2D eigenvalue weighted by Gasteiger charge is 2.26. The summed E-state index contributed by atoms with van der Waals surface area (Å²) in [6, 6.07) is 10.4. The van der Waals surface area contributed by atoms with E-state index in [9.17, 15) is 9.59 Å². The van der Waals surface area contributed by atoms with Gasteiger partial charge in [0.05, 0.1) is 5.52 Å². The lowest BCUT2D eigenvalue weighted by Gasteiger charge is -2.28. The van der Waals surface area contributed by atoms with Crippen molar-refractivity contribution in [3.8, 4) is 11.1 Å². The van der Waals surface area contributed by atoms with Crippen LogP contribution in [0.5, 0.6) is 0 Å². The second kappa shape index (κ2) is 12.1. The Hall–Kier alpha value is -4.31. The molecule has 0 unspecified atom stereocenters. The number of amides is 2. The van der Waals surface area contributed by atoms with Crippen molar-refractivity contribution >= 4 is 28.3 Å². The number of aromatic nitrogens is 3. The maximum atomic E-state index is 16.3. The van der Waals surface area contributed by atoms with Gasteiger partial charge < -0.3 is 20.1 Å². The number of aryl methyl sites for hydroxylation is 1. The fourth-order valence-corrected chi connectivity index (χ4v) is 6.20. The standard InChI is InChI=1S/C33H36F2N6O2/c1-39(2)33(43)29-19-27-25(22-6-7-24(28(34)17-22)21-8-12-36-13-9-21)18-26(31(35)32(27)38-29)23-5-3-14-40(20-23)30(42)10-16-41-15-4-11-37-41/h4-7,11,15,17-19,21,36,38H,3,8-10,12-14,16,20H2,1-2H3. The predicted octanol–water partition coefficient (Wildman–Crippen LogP) is 5.18. The van der Waals surface area contributed by atoms with Crippen molar-refractivity contribution in [2.24, 2.45) is 0 Å². The van der Waals surface area contributed by atoms with E-state index in [4.69, 9.17) is 0 Å². The van der Waals surface area contributed by atoms with E-state index in [1.807, 2.05) is 30.5 Å². The van der Waals surface area contributed by atoms with Crippen LogP contribution >= 0.6 is 0 Å². The van der Waals surface area contributed by atoms with E-state index in [0.29, 0.717) is 52.7 Å². The summed E-state index contributed by atoms with van der Waals surface area (Å²) in [7, 11) is 3.27. The number of aromatic amines is 1. The van der Waals surface area contributed by atoms with Gasteiger partial charge in [-0.1, -0.05) is 18.2 Å². The summed E-state index contributed by atoms with van der Waals surface area (Å²) in [6.45, 7) is 2.99. The highest BCUT2D eigenvalue weighted by atomic mass is 19.1. The van der Waals surface area contributed by atoms with Gasteiger partial charge in [0.25, 0.3) is 5.91 Å². The van der Waals surface area contributed by atoms with Gasteiger partial charge in [0.15, 0.2) is 5.82 Å². The average molecular weight is 587 g/mol. The number of benzene rings is 2. The third-order valence-corrected chi connectivity index (χ3v) is 8.54. The van der Waals surface area contributed by atoms with Crippen LogP contribution in [0.4, 0.5) is 8.78 Å². The molecule has 2 N–H and O–H groups in total. The van der Waals surface area contributed by atoms with E-state index >= 15 is 8.78 Å². The van der Waals surface area contributed by atoms with Crippen LogP contribution < -0.4 is 5.32 Å². The van der Waals surface area contributed by atoms with Crippen LogP contribution in [0.15, 0.2) is 54.9 Å². The molecule has 224 valence electrons. The third kappa shape index (κ3) is 5.84. The lowest BCUT2D eigenvalue weighted by atomic mass is 9.87. The topological polar surface area (TPSA) is 86.3 Å². The molecule has 4 heterocycles. The molecule has 0 atom stereocenters. The van der Waals surface area contributed by atoms with E-state index in [0.717, 1.165) is 25.9 Å². The number of halogens is 2. The lowest BCUT2D eigenvalue weighted by Crippen LogP contribution is -2.36. The normalized spacial score (nSPS) is 16.0. The minimum atomic E-state index is -0.500. The van der Waals surface area contributed by atoms with Crippen molar-refractivity contribution in [3.63, 3.8) is 0 Å². The number of H-pyrrole nitrogens is 1. The first-order valence-electron chi connectivity index (χ1n) is 14.8. The Labute approximate surface area is 249 Å². The molecule has 43 heavy (non-hydrogen) atoms. The molecule has 6 rings (SSSR count). The quantitative estimate of drug-likeness (QED) is 0.312. The largest absolute Gasteiger partial charge is 0.348 e. The maximum Gasteiger partial charge on any atom is 0.269 e. The van der Waals surface area contributed by atoms with Gasteiger partial charge in [-0.3, -0.25) is 14.3 Å². The molecule has 2 aromatic carbocycles. The smallest absolute Gasteiger partial charge is 0.269 e. The Kier molecular flexibility index (Phi) is 8.12. The average Bonchev–Trinajstić information content (AvgIpc) is 3.71. The van der Waals surface area contributed by atoms with Crippen LogP contribution in [0, 0.1) is 11.6 Å². The molecule has 4 aromatic rings. The zero-order valence-corrected chi connectivity index (χ0v) is 24.5. The van der Waals surface area contributed by atoms with Gasteiger partial charge >= 0.3 is 0 Å². The second-order valence-corrected chi connectivity index (χ2v) is 11.6. The Morgan fingerprint density at radius 1 is 1.09 bits per heavy atom. The van der Waals surface area contributed by atoms with Crippen LogP contribution in [0.3, 0.4) is 0 Å². The molecule has 0 spiro atoms. The van der Waals surface area contributed by atoms with Crippen molar-refractivity contribution < 1.29 is 18.4 Å². The Balaban J connectivity index is 1.38. The van der Waals surface area contributed by atoms with E-state index in [2.05, 4.69) is 15.4 Å². The van der Waals surface area contributed by atoms with Gasteiger partial charge in [0.2, 0.25) is 5.91 Å². The Bertz CT molecular complexity index is 1690.